The van der Waals surface area contributed by atoms with Crippen molar-refractivity contribution in [1.29, 1.82) is 0 Å². The lowest BCUT2D eigenvalue weighted by Crippen LogP contribution is -2.26. The highest BCUT2D eigenvalue weighted by molar-refractivity contribution is 7.20. The van der Waals surface area contributed by atoms with Crippen LogP contribution in [-0.2, 0) is 0 Å². The van der Waals surface area contributed by atoms with E-state index in [9.17, 15) is 4.79 Å². The van der Waals surface area contributed by atoms with Crippen LogP contribution in [0.3, 0.4) is 0 Å². The van der Waals surface area contributed by atoms with Gasteiger partial charge in [0.2, 0.25) is 0 Å². The average molecular weight is 274 g/mol. The number of anilines is 1. The summed E-state index contributed by atoms with van der Waals surface area (Å²) in [5.74, 6) is 0.876. The van der Waals surface area contributed by atoms with Crippen LogP contribution in [0, 0.1) is 5.92 Å². The highest BCUT2D eigenvalue weighted by Gasteiger charge is 2.17. The average Bonchev–Trinajstić information content (AvgIpc) is 2.75. The third-order valence-corrected chi connectivity index (χ3v) is 4.94. The number of hydrogen-bond donors (Lipinski definition) is 2. The van der Waals surface area contributed by atoms with Gasteiger partial charge in [0.15, 0.2) is 0 Å². The van der Waals surface area contributed by atoms with Gasteiger partial charge in [0.05, 0.1) is 4.88 Å². The number of nitrogens with two attached hydrogens (primary N) is 1. The van der Waals surface area contributed by atoms with Gasteiger partial charge in [-0.3, -0.25) is 4.79 Å². The van der Waals surface area contributed by atoms with Gasteiger partial charge in [-0.25, -0.2) is 0 Å². The maximum Gasteiger partial charge on any atom is 0.261 e. The summed E-state index contributed by atoms with van der Waals surface area (Å²) in [5.41, 5.74) is 6.49. The monoisotopic (exact) mass is 274 g/mol. The lowest BCUT2D eigenvalue weighted by molar-refractivity contribution is 0.0953. The molecule has 1 amide bonds. The fourth-order valence-electron chi connectivity index (χ4n) is 2.43. The molecule has 1 fully saturated rings. The van der Waals surface area contributed by atoms with Crippen molar-refractivity contribution in [3.05, 3.63) is 29.1 Å². The summed E-state index contributed by atoms with van der Waals surface area (Å²) in [6, 6.07) is 7.68. The number of thiophene rings is 1. The van der Waals surface area contributed by atoms with E-state index in [1.165, 1.54) is 30.6 Å². The van der Waals surface area contributed by atoms with Crippen LogP contribution < -0.4 is 11.1 Å². The summed E-state index contributed by atoms with van der Waals surface area (Å²) >= 11 is 1.53. The molecule has 1 saturated carbocycles. The first-order valence-electron chi connectivity index (χ1n) is 6.79. The molecule has 3 rings (SSSR count). The van der Waals surface area contributed by atoms with Gasteiger partial charge in [-0.2, -0.15) is 0 Å². The molecule has 1 heterocycles. The third-order valence-electron chi connectivity index (χ3n) is 3.83. The standard InChI is InChI=1S/C15H18N2OS/c16-12-4-5-13-11(8-12)9-14(19-13)15(18)17-7-6-10-2-1-3-10/h4-5,8-10H,1-3,6-7,16H2,(H,17,18). The molecule has 0 unspecified atom stereocenters. The summed E-state index contributed by atoms with van der Waals surface area (Å²) in [4.78, 5) is 12.8. The van der Waals surface area contributed by atoms with Gasteiger partial charge in [0.1, 0.15) is 0 Å². The molecule has 0 bridgehead atoms. The van der Waals surface area contributed by atoms with E-state index in [1.54, 1.807) is 0 Å². The van der Waals surface area contributed by atoms with Crippen LogP contribution in [0.5, 0.6) is 0 Å². The van der Waals surface area contributed by atoms with Gasteiger partial charge in [0, 0.05) is 16.9 Å². The van der Waals surface area contributed by atoms with Crippen LogP contribution in [0.1, 0.15) is 35.4 Å². The summed E-state index contributed by atoms with van der Waals surface area (Å²) in [6.45, 7) is 0.792. The molecule has 2 aromatic rings. The van der Waals surface area contributed by atoms with Gasteiger partial charge >= 0.3 is 0 Å². The van der Waals surface area contributed by atoms with E-state index >= 15 is 0 Å². The topological polar surface area (TPSA) is 55.1 Å². The smallest absolute Gasteiger partial charge is 0.261 e. The largest absolute Gasteiger partial charge is 0.399 e. The lowest BCUT2D eigenvalue weighted by Gasteiger charge is -2.24. The molecule has 100 valence electrons. The number of hydrogen-bond acceptors (Lipinski definition) is 3. The lowest BCUT2D eigenvalue weighted by atomic mass is 9.83. The van der Waals surface area contributed by atoms with Crippen LogP contribution in [0.4, 0.5) is 5.69 Å². The Bertz CT molecular complexity index is 601. The minimum Gasteiger partial charge on any atom is -0.399 e. The number of amides is 1. The molecule has 3 N–H and O–H groups in total. The maximum absolute atomic E-state index is 12.1. The second kappa shape index (κ2) is 5.21. The van der Waals surface area contributed by atoms with Crippen molar-refractivity contribution in [3.8, 4) is 0 Å². The molecule has 0 aliphatic heterocycles. The molecule has 1 aliphatic rings. The Kier molecular flexibility index (Phi) is 3.42. The first kappa shape index (κ1) is 12.5. The molecule has 19 heavy (non-hydrogen) atoms. The van der Waals surface area contributed by atoms with Crippen LogP contribution in [0.2, 0.25) is 0 Å². The number of rotatable bonds is 4. The number of benzene rings is 1. The van der Waals surface area contributed by atoms with Crippen molar-refractivity contribution in [3.63, 3.8) is 0 Å². The summed E-state index contributed by atoms with van der Waals surface area (Å²) in [6.07, 6.45) is 5.13. The van der Waals surface area contributed by atoms with Crippen LogP contribution in [0.15, 0.2) is 24.3 Å². The first-order valence-corrected chi connectivity index (χ1v) is 7.61. The quantitative estimate of drug-likeness (QED) is 0.839. The minimum atomic E-state index is 0.0408. The predicted molar refractivity (Wildman–Crippen MR) is 80.5 cm³/mol. The maximum atomic E-state index is 12.1. The van der Waals surface area contributed by atoms with E-state index < -0.39 is 0 Å². The zero-order chi connectivity index (χ0) is 13.2. The van der Waals surface area contributed by atoms with Crippen molar-refractivity contribution in [2.45, 2.75) is 25.7 Å². The Morgan fingerprint density at radius 2 is 2.21 bits per heavy atom. The molecule has 0 radical (unpaired) electrons. The zero-order valence-corrected chi connectivity index (χ0v) is 11.6. The van der Waals surface area contributed by atoms with E-state index in [0.717, 1.165) is 39.5 Å². The summed E-state index contributed by atoms with van der Waals surface area (Å²) in [5, 5.41) is 4.06. The van der Waals surface area contributed by atoms with Crippen molar-refractivity contribution in [2.75, 3.05) is 12.3 Å². The minimum absolute atomic E-state index is 0.0408. The normalized spacial score (nSPS) is 15.4. The fraction of sp³-hybridized carbons (Fsp3) is 0.400. The molecule has 4 heteroatoms. The van der Waals surface area contributed by atoms with Crippen molar-refractivity contribution >= 4 is 33.0 Å². The van der Waals surface area contributed by atoms with E-state index in [4.69, 9.17) is 5.73 Å². The molecule has 1 aromatic carbocycles. The molecular formula is C15H18N2OS. The van der Waals surface area contributed by atoms with Crippen molar-refractivity contribution in [1.82, 2.24) is 5.32 Å². The van der Waals surface area contributed by atoms with Gasteiger partial charge in [-0.1, -0.05) is 19.3 Å². The van der Waals surface area contributed by atoms with Crippen LogP contribution >= 0.6 is 11.3 Å². The van der Waals surface area contributed by atoms with E-state index in [0.29, 0.717) is 0 Å². The second-order valence-electron chi connectivity index (χ2n) is 5.25. The van der Waals surface area contributed by atoms with E-state index in [2.05, 4.69) is 5.32 Å². The first-order chi connectivity index (χ1) is 9.22. The Labute approximate surface area is 116 Å². The Balaban J connectivity index is 1.63. The molecule has 0 spiro atoms. The SMILES string of the molecule is Nc1ccc2sc(C(=O)NCCC3CCC3)cc2c1. The van der Waals surface area contributed by atoms with E-state index in [-0.39, 0.29) is 5.91 Å². The summed E-state index contributed by atoms with van der Waals surface area (Å²) < 4.78 is 1.11. The molecule has 1 aromatic heterocycles. The van der Waals surface area contributed by atoms with Gasteiger partial charge < -0.3 is 11.1 Å². The second-order valence-corrected chi connectivity index (χ2v) is 6.33. The zero-order valence-electron chi connectivity index (χ0n) is 10.8. The highest BCUT2D eigenvalue weighted by atomic mass is 32.1. The number of nitrogen functional groups attached to an aromatic ring is 1. The van der Waals surface area contributed by atoms with Crippen LogP contribution in [0.25, 0.3) is 10.1 Å². The highest BCUT2D eigenvalue weighted by Crippen LogP contribution is 2.29. The number of carbonyl (C=O) groups is 1. The van der Waals surface area contributed by atoms with Crippen molar-refractivity contribution < 1.29 is 4.79 Å². The number of nitrogens with one attached hydrogen (secondary N) is 1. The van der Waals surface area contributed by atoms with Crippen molar-refractivity contribution in [2.24, 2.45) is 5.92 Å². The third kappa shape index (κ3) is 2.73. The van der Waals surface area contributed by atoms with Gasteiger partial charge in [0.25, 0.3) is 5.91 Å². The van der Waals surface area contributed by atoms with Gasteiger partial charge in [-0.05, 0) is 42.0 Å². The summed E-state index contributed by atoms with van der Waals surface area (Å²) in [7, 11) is 0. The Morgan fingerprint density at radius 3 is 2.95 bits per heavy atom. The molecule has 0 saturated heterocycles. The number of fused-ring (bicyclic) bond motifs is 1. The molecular weight excluding hydrogens is 256 g/mol. The number of carbonyl (C=O) groups excluding carboxylic acids is 1. The molecule has 0 atom stereocenters. The fourth-order valence-corrected chi connectivity index (χ4v) is 3.39. The van der Waals surface area contributed by atoms with E-state index in [1.807, 2.05) is 24.3 Å². The molecule has 1 aliphatic carbocycles. The predicted octanol–water partition coefficient (Wildman–Crippen LogP) is 3.40. The molecule has 3 nitrogen and oxygen atoms in total. The Morgan fingerprint density at radius 1 is 1.37 bits per heavy atom. The Hall–Kier alpha value is -1.55. The van der Waals surface area contributed by atoms with Crippen LogP contribution in [-0.4, -0.2) is 12.5 Å². The van der Waals surface area contributed by atoms with Gasteiger partial charge in [-0.15, -0.1) is 11.3 Å².